The average molecular weight is 300 g/mol. The number of hydrogen-bond donors (Lipinski definition) is 2. The van der Waals surface area contributed by atoms with Gasteiger partial charge >= 0.3 is 0 Å². The molecule has 4 heteroatoms. The fourth-order valence-corrected chi connectivity index (χ4v) is 2.89. The van der Waals surface area contributed by atoms with E-state index in [9.17, 15) is 5.11 Å². The lowest BCUT2D eigenvalue weighted by molar-refractivity contribution is 0.199. The van der Waals surface area contributed by atoms with Gasteiger partial charge in [0.2, 0.25) is 0 Å². The first-order valence-electron chi connectivity index (χ1n) is 5.95. The Balaban J connectivity index is 2.17. The smallest absolute Gasteiger partial charge is 0.0762 e. The molecule has 94 valence electrons. The number of halogens is 1. The molecular weight excluding hydrogens is 282 g/mol. The van der Waals surface area contributed by atoms with Crippen molar-refractivity contribution in [3.05, 3.63) is 28.2 Å². The number of aliphatic hydroxyl groups excluding tert-OH is 2. The number of aliphatic hydroxyl groups is 2. The van der Waals surface area contributed by atoms with E-state index in [1.54, 1.807) is 6.92 Å². The molecule has 1 aromatic carbocycles. The summed E-state index contributed by atoms with van der Waals surface area (Å²) in [6, 6.07) is 5.95. The second-order valence-corrected chi connectivity index (χ2v) is 5.52. The summed E-state index contributed by atoms with van der Waals surface area (Å²) in [4.78, 5) is 2.27. The van der Waals surface area contributed by atoms with Gasteiger partial charge in [-0.25, -0.2) is 0 Å². The zero-order chi connectivity index (χ0) is 12.4. The van der Waals surface area contributed by atoms with Gasteiger partial charge in [-0.1, -0.05) is 6.07 Å². The Morgan fingerprint density at radius 1 is 1.53 bits per heavy atom. The molecule has 1 fully saturated rings. The lowest BCUT2D eigenvalue weighted by atomic mass is 10.1. The average Bonchev–Trinajstić information content (AvgIpc) is 2.77. The van der Waals surface area contributed by atoms with Crippen LogP contribution in [0.1, 0.15) is 25.0 Å². The minimum atomic E-state index is -0.441. The number of benzene rings is 1. The van der Waals surface area contributed by atoms with Crippen LogP contribution in [0.5, 0.6) is 0 Å². The van der Waals surface area contributed by atoms with Crippen LogP contribution < -0.4 is 4.90 Å². The van der Waals surface area contributed by atoms with E-state index in [2.05, 4.69) is 20.8 Å². The third kappa shape index (κ3) is 2.81. The highest BCUT2D eigenvalue weighted by Gasteiger charge is 2.23. The molecule has 0 spiro atoms. The third-order valence-electron chi connectivity index (χ3n) is 3.34. The van der Waals surface area contributed by atoms with Crippen molar-refractivity contribution in [2.24, 2.45) is 5.92 Å². The molecule has 0 aromatic heterocycles. The topological polar surface area (TPSA) is 43.7 Å². The van der Waals surface area contributed by atoms with Gasteiger partial charge in [0.1, 0.15) is 0 Å². The van der Waals surface area contributed by atoms with Gasteiger partial charge < -0.3 is 15.1 Å². The monoisotopic (exact) mass is 299 g/mol. The number of anilines is 1. The molecular formula is C13H18BrNO2. The molecule has 0 amide bonds. The quantitative estimate of drug-likeness (QED) is 0.900. The molecule has 0 radical (unpaired) electrons. The highest BCUT2D eigenvalue weighted by Crippen LogP contribution is 2.32. The van der Waals surface area contributed by atoms with Crippen molar-refractivity contribution in [3.63, 3.8) is 0 Å². The van der Waals surface area contributed by atoms with E-state index >= 15 is 0 Å². The molecule has 0 aliphatic carbocycles. The summed E-state index contributed by atoms with van der Waals surface area (Å²) >= 11 is 3.55. The molecule has 1 unspecified atom stereocenters. The van der Waals surface area contributed by atoms with Crippen LogP contribution in [0.3, 0.4) is 0 Å². The fraction of sp³-hybridized carbons (Fsp3) is 0.538. The van der Waals surface area contributed by atoms with Gasteiger partial charge in [0.15, 0.2) is 0 Å². The van der Waals surface area contributed by atoms with Gasteiger partial charge in [-0.2, -0.15) is 0 Å². The Kier molecular flexibility index (Phi) is 4.07. The lowest BCUT2D eigenvalue weighted by Gasteiger charge is -2.21. The Morgan fingerprint density at radius 3 is 2.82 bits per heavy atom. The summed E-state index contributed by atoms with van der Waals surface area (Å²) in [5, 5.41) is 18.7. The van der Waals surface area contributed by atoms with Gasteiger partial charge in [0.05, 0.1) is 11.8 Å². The van der Waals surface area contributed by atoms with Crippen LogP contribution in [0.2, 0.25) is 0 Å². The predicted octanol–water partition coefficient (Wildman–Crippen LogP) is 2.32. The molecule has 3 nitrogen and oxygen atoms in total. The van der Waals surface area contributed by atoms with Crippen molar-refractivity contribution in [1.82, 2.24) is 0 Å². The van der Waals surface area contributed by atoms with E-state index in [-0.39, 0.29) is 6.61 Å². The summed E-state index contributed by atoms with van der Waals surface area (Å²) < 4.78 is 1.01. The van der Waals surface area contributed by atoms with Crippen molar-refractivity contribution in [3.8, 4) is 0 Å². The predicted molar refractivity (Wildman–Crippen MR) is 72.2 cm³/mol. The molecule has 1 aliphatic heterocycles. The first kappa shape index (κ1) is 12.9. The van der Waals surface area contributed by atoms with Crippen LogP contribution in [0.25, 0.3) is 0 Å². The molecule has 1 aliphatic rings. The number of nitrogens with zero attached hydrogens (tertiary/aromatic N) is 1. The Bertz CT molecular complexity index is 395. The molecule has 0 saturated carbocycles. The number of hydrogen-bond acceptors (Lipinski definition) is 3. The normalized spacial score (nSPS) is 21.9. The molecule has 1 aromatic rings. The maximum atomic E-state index is 9.52. The number of rotatable bonds is 3. The highest BCUT2D eigenvalue weighted by molar-refractivity contribution is 9.10. The van der Waals surface area contributed by atoms with E-state index in [0.717, 1.165) is 35.2 Å². The van der Waals surface area contributed by atoms with Crippen molar-refractivity contribution in [1.29, 1.82) is 0 Å². The minimum Gasteiger partial charge on any atom is -0.396 e. The van der Waals surface area contributed by atoms with E-state index in [4.69, 9.17) is 5.11 Å². The van der Waals surface area contributed by atoms with Crippen LogP contribution in [0.4, 0.5) is 5.69 Å². The first-order chi connectivity index (χ1) is 8.11. The van der Waals surface area contributed by atoms with Gasteiger partial charge in [0.25, 0.3) is 0 Å². The summed E-state index contributed by atoms with van der Waals surface area (Å²) in [7, 11) is 0. The zero-order valence-electron chi connectivity index (χ0n) is 9.93. The molecule has 1 heterocycles. The maximum Gasteiger partial charge on any atom is 0.0762 e. The van der Waals surface area contributed by atoms with Crippen LogP contribution in [0.15, 0.2) is 22.7 Å². The third-order valence-corrected chi connectivity index (χ3v) is 3.97. The second kappa shape index (κ2) is 5.38. The fourth-order valence-electron chi connectivity index (χ4n) is 2.24. The minimum absolute atomic E-state index is 0.264. The SMILES string of the molecule is C[C@H](O)c1ccc(N2CCC(CO)C2)c(Br)c1. The molecule has 2 rings (SSSR count). The van der Waals surface area contributed by atoms with Gasteiger partial charge in [-0.3, -0.25) is 0 Å². The van der Waals surface area contributed by atoms with Gasteiger partial charge in [-0.15, -0.1) is 0 Å². The lowest BCUT2D eigenvalue weighted by Crippen LogP contribution is -2.21. The molecule has 17 heavy (non-hydrogen) atoms. The standard InChI is InChI=1S/C13H18BrNO2/c1-9(17)11-2-3-13(12(14)6-11)15-5-4-10(7-15)8-16/h2-3,6,9-10,16-17H,4-5,7-8H2,1H3/t9-,10?/m0/s1. The van der Waals surface area contributed by atoms with Crippen molar-refractivity contribution < 1.29 is 10.2 Å². The van der Waals surface area contributed by atoms with Crippen molar-refractivity contribution in [2.45, 2.75) is 19.4 Å². The zero-order valence-corrected chi connectivity index (χ0v) is 11.5. The molecule has 2 N–H and O–H groups in total. The molecule has 1 saturated heterocycles. The van der Waals surface area contributed by atoms with E-state index in [0.29, 0.717) is 5.92 Å². The Hall–Kier alpha value is -0.580. The van der Waals surface area contributed by atoms with E-state index in [1.165, 1.54) is 0 Å². The van der Waals surface area contributed by atoms with Crippen LogP contribution in [0, 0.1) is 5.92 Å². The first-order valence-corrected chi connectivity index (χ1v) is 6.74. The Labute approximate surface area is 110 Å². The summed E-state index contributed by atoms with van der Waals surface area (Å²) in [6.45, 7) is 3.92. The molecule has 0 bridgehead atoms. The molecule has 2 atom stereocenters. The highest BCUT2D eigenvalue weighted by atomic mass is 79.9. The van der Waals surface area contributed by atoms with Crippen LogP contribution in [-0.4, -0.2) is 29.9 Å². The summed E-state index contributed by atoms with van der Waals surface area (Å²) in [6.07, 6.45) is 0.602. The van der Waals surface area contributed by atoms with Crippen molar-refractivity contribution >= 4 is 21.6 Å². The maximum absolute atomic E-state index is 9.52. The van der Waals surface area contributed by atoms with E-state index in [1.807, 2.05) is 18.2 Å². The largest absolute Gasteiger partial charge is 0.396 e. The summed E-state index contributed by atoms with van der Waals surface area (Å²) in [5.41, 5.74) is 2.06. The van der Waals surface area contributed by atoms with Crippen LogP contribution in [-0.2, 0) is 0 Å². The van der Waals surface area contributed by atoms with Gasteiger partial charge in [-0.05, 0) is 47.0 Å². The van der Waals surface area contributed by atoms with Crippen LogP contribution >= 0.6 is 15.9 Å². The summed E-state index contributed by atoms with van der Waals surface area (Å²) in [5.74, 6) is 0.387. The van der Waals surface area contributed by atoms with Crippen molar-refractivity contribution in [2.75, 3.05) is 24.6 Å². The Morgan fingerprint density at radius 2 is 2.29 bits per heavy atom. The second-order valence-electron chi connectivity index (χ2n) is 4.67. The van der Waals surface area contributed by atoms with E-state index < -0.39 is 6.10 Å². The van der Waals surface area contributed by atoms with Gasteiger partial charge in [0, 0.05) is 30.1 Å².